The molecule has 1 N–H and O–H groups in total. The van der Waals surface area contributed by atoms with E-state index in [1.165, 1.54) is 22.5 Å². The van der Waals surface area contributed by atoms with E-state index < -0.39 is 0 Å². The SMILES string of the molecule is CCNc1ccccc1N(CC)C1C=Cc2ccccc21. The second-order valence-electron chi connectivity index (χ2n) is 5.27. The molecule has 2 heteroatoms. The molecule has 0 radical (unpaired) electrons. The van der Waals surface area contributed by atoms with Gasteiger partial charge in [0, 0.05) is 13.1 Å². The van der Waals surface area contributed by atoms with Crippen molar-refractivity contribution in [3.63, 3.8) is 0 Å². The predicted molar refractivity (Wildman–Crippen MR) is 91.8 cm³/mol. The molecule has 0 saturated heterocycles. The molecular weight excluding hydrogens is 256 g/mol. The van der Waals surface area contributed by atoms with E-state index in [9.17, 15) is 0 Å². The molecule has 0 aromatic heterocycles. The Morgan fingerprint density at radius 3 is 2.57 bits per heavy atom. The Hall–Kier alpha value is -2.22. The molecule has 0 spiro atoms. The Labute approximate surface area is 127 Å². The van der Waals surface area contributed by atoms with E-state index in [0.717, 1.165) is 13.1 Å². The van der Waals surface area contributed by atoms with Crippen LogP contribution in [0.4, 0.5) is 11.4 Å². The summed E-state index contributed by atoms with van der Waals surface area (Å²) in [5.41, 5.74) is 5.21. The Balaban J connectivity index is 1.99. The van der Waals surface area contributed by atoms with Gasteiger partial charge in [0.1, 0.15) is 0 Å². The summed E-state index contributed by atoms with van der Waals surface area (Å²) in [7, 11) is 0. The quantitative estimate of drug-likeness (QED) is 0.852. The molecule has 2 nitrogen and oxygen atoms in total. The van der Waals surface area contributed by atoms with Crippen LogP contribution in [0.25, 0.3) is 6.08 Å². The van der Waals surface area contributed by atoms with E-state index in [2.05, 4.69) is 84.7 Å². The molecule has 2 aromatic rings. The van der Waals surface area contributed by atoms with Crippen LogP contribution in [0, 0.1) is 0 Å². The van der Waals surface area contributed by atoms with Crippen molar-refractivity contribution < 1.29 is 0 Å². The summed E-state index contributed by atoms with van der Waals surface area (Å²) in [6, 6.07) is 17.6. The van der Waals surface area contributed by atoms with Gasteiger partial charge < -0.3 is 10.2 Å². The fraction of sp³-hybridized carbons (Fsp3) is 0.263. The summed E-state index contributed by atoms with van der Waals surface area (Å²) in [6.07, 6.45) is 4.54. The van der Waals surface area contributed by atoms with Crippen molar-refractivity contribution in [1.82, 2.24) is 0 Å². The minimum Gasteiger partial charge on any atom is -0.384 e. The van der Waals surface area contributed by atoms with Gasteiger partial charge in [-0.2, -0.15) is 0 Å². The molecule has 1 aliphatic carbocycles. The highest BCUT2D eigenvalue weighted by atomic mass is 15.2. The smallest absolute Gasteiger partial charge is 0.0736 e. The van der Waals surface area contributed by atoms with E-state index in [4.69, 9.17) is 0 Å². The maximum absolute atomic E-state index is 3.47. The third-order valence-electron chi connectivity index (χ3n) is 4.03. The third kappa shape index (κ3) is 2.54. The Morgan fingerprint density at radius 1 is 1.00 bits per heavy atom. The van der Waals surface area contributed by atoms with Gasteiger partial charge in [0.25, 0.3) is 0 Å². The number of rotatable bonds is 5. The minimum absolute atomic E-state index is 0.325. The van der Waals surface area contributed by atoms with Crippen molar-refractivity contribution in [3.8, 4) is 0 Å². The zero-order chi connectivity index (χ0) is 14.7. The molecule has 0 heterocycles. The second-order valence-corrected chi connectivity index (χ2v) is 5.27. The van der Waals surface area contributed by atoms with E-state index >= 15 is 0 Å². The van der Waals surface area contributed by atoms with Crippen LogP contribution in [0.5, 0.6) is 0 Å². The highest BCUT2D eigenvalue weighted by Gasteiger charge is 2.24. The van der Waals surface area contributed by atoms with Crippen LogP contribution < -0.4 is 10.2 Å². The Bertz CT molecular complexity index is 646. The summed E-state index contributed by atoms with van der Waals surface area (Å²) in [5.74, 6) is 0. The molecule has 0 saturated carbocycles. The van der Waals surface area contributed by atoms with Crippen LogP contribution in [-0.4, -0.2) is 13.1 Å². The number of benzene rings is 2. The minimum atomic E-state index is 0.325. The first-order chi connectivity index (χ1) is 10.3. The van der Waals surface area contributed by atoms with Gasteiger partial charge in [-0.25, -0.2) is 0 Å². The Kier molecular flexibility index (Phi) is 3.96. The lowest BCUT2D eigenvalue weighted by atomic mass is 10.0. The van der Waals surface area contributed by atoms with Crippen LogP contribution in [-0.2, 0) is 0 Å². The third-order valence-corrected chi connectivity index (χ3v) is 4.03. The fourth-order valence-corrected chi connectivity index (χ4v) is 3.08. The zero-order valence-corrected chi connectivity index (χ0v) is 12.7. The largest absolute Gasteiger partial charge is 0.384 e. The molecule has 0 fully saturated rings. The lowest BCUT2D eigenvalue weighted by Gasteiger charge is -2.31. The van der Waals surface area contributed by atoms with Crippen molar-refractivity contribution in [2.45, 2.75) is 19.9 Å². The molecule has 1 unspecified atom stereocenters. The second kappa shape index (κ2) is 6.04. The van der Waals surface area contributed by atoms with Crippen molar-refractivity contribution >= 4 is 17.5 Å². The molecule has 1 aliphatic rings. The molecule has 0 aliphatic heterocycles. The van der Waals surface area contributed by atoms with Gasteiger partial charge in [-0.05, 0) is 37.1 Å². The molecule has 2 aromatic carbocycles. The van der Waals surface area contributed by atoms with Crippen LogP contribution in [0.15, 0.2) is 54.6 Å². The number of anilines is 2. The topological polar surface area (TPSA) is 15.3 Å². The lowest BCUT2D eigenvalue weighted by Crippen LogP contribution is -2.27. The average molecular weight is 278 g/mol. The number of likely N-dealkylation sites (N-methyl/N-ethyl adjacent to an activating group) is 1. The maximum Gasteiger partial charge on any atom is 0.0736 e. The van der Waals surface area contributed by atoms with Crippen LogP contribution in [0.1, 0.15) is 31.0 Å². The number of nitrogens with one attached hydrogen (secondary N) is 1. The molecule has 0 amide bonds. The van der Waals surface area contributed by atoms with Crippen molar-refractivity contribution in [2.24, 2.45) is 0 Å². The first kappa shape index (κ1) is 13.7. The zero-order valence-electron chi connectivity index (χ0n) is 12.7. The Morgan fingerprint density at radius 2 is 1.76 bits per heavy atom. The lowest BCUT2D eigenvalue weighted by molar-refractivity contribution is 0.756. The summed E-state index contributed by atoms with van der Waals surface area (Å²) >= 11 is 0. The molecule has 3 rings (SSSR count). The number of hydrogen-bond acceptors (Lipinski definition) is 2. The molecule has 108 valence electrons. The summed E-state index contributed by atoms with van der Waals surface area (Å²) in [5, 5.41) is 3.47. The molecule has 21 heavy (non-hydrogen) atoms. The van der Waals surface area contributed by atoms with E-state index in [0.29, 0.717) is 6.04 Å². The summed E-state index contributed by atoms with van der Waals surface area (Å²) in [6.45, 7) is 6.27. The molecular formula is C19H22N2. The van der Waals surface area contributed by atoms with Crippen LogP contribution in [0.2, 0.25) is 0 Å². The summed E-state index contributed by atoms with van der Waals surface area (Å²) in [4.78, 5) is 2.46. The van der Waals surface area contributed by atoms with Crippen molar-refractivity contribution in [2.75, 3.05) is 23.3 Å². The average Bonchev–Trinajstić information content (AvgIpc) is 2.94. The monoisotopic (exact) mass is 278 g/mol. The first-order valence-electron chi connectivity index (χ1n) is 7.71. The number of para-hydroxylation sites is 2. The van der Waals surface area contributed by atoms with E-state index in [-0.39, 0.29) is 0 Å². The van der Waals surface area contributed by atoms with Gasteiger partial charge in [-0.3, -0.25) is 0 Å². The molecule has 1 atom stereocenters. The van der Waals surface area contributed by atoms with E-state index in [1.807, 2.05) is 0 Å². The van der Waals surface area contributed by atoms with Gasteiger partial charge >= 0.3 is 0 Å². The maximum atomic E-state index is 3.47. The van der Waals surface area contributed by atoms with Crippen molar-refractivity contribution in [3.05, 3.63) is 65.7 Å². The van der Waals surface area contributed by atoms with Crippen LogP contribution in [0.3, 0.4) is 0 Å². The highest BCUT2D eigenvalue weighted by molar-refractivity contribution is 5.73. The van der Waals surface area contributed by atoms with Gasteiger partial charge in [-0.1, -0.05) is 48.6 Å². The molecule has 0 bridgehead atoms. The van der Waals surface area contributed by atoms with Gasteiger partial charge in [0.05, 0.1) is 17.4 Å². The van der Waals surface area contributed by atoms with Crippen LogP contribution >= 0.6 is 0 Å². The highest BCUT2D eigenvalue weighted by Crippen LogP contribution is 2.38. The summed E-state index contributed by atoms with van der Waals surface area (Å²) < 4.78 is 0. The van der Waals surface area contributed by atoms with E-state index in [1.54, 1.807) is 0 Å². The van der Waals surface area contributed by atoms with Crippen molar-refractivity contribution in [1.29, 1.82) is 0 Å². The normalized spacial score (nSPS) is 15.8. The number of nitrogens with zero attached hydrogens (tertiary/aromatic N) is 1. The van der Waals surface area contributed by atoms with Gasteiger partial charge in [0.15, 0.2) is 0 Å². The fourth-order valence-electron chi connectivity index (χ4n) is 3.08. The van der Waals surface area contributed by atoms with Gasteiger partial charge in [-0.15, -0.1) is 0 Å². The number of hydrogen-bond donors (Lipinski definition) is 1. The first-order valence-corrected chi connectivity index (χ1v) is 7.71. The number of fused-ring (bicyclic) bond motifs is 1. The van der Waals surface area contributed by atoms with Gasteiger partial charge in [0.2, 0.25) is 0 Å². The predicted octanol–water partition coefficient (Wildman–Crippen LogP) is 4.71. The standard InChI is InChI=1S/C19H22N2/c1-3-20-17-11-7-8-12-19(17)21(4-2)18-14-13-15-9-5-6-10-16(15)18/h5-14,18,20H,3-4H2,1-2H3.